The van der Waals surface area contributed by atoms with Gasteiger partial charge in [-0.15, -0.1) is 0 Å². The number of benzene rings is 1. The number of nitrogens with one attached hydrogen (secondary N) is 1. The van der Waals surface area contributed by atoms with Crippen LogP contribution < -0.4 is 10.1 Å². The molecular formula is C16H25NO2. The molecule has 1 rings (SSSR count). The van der Waals surface area contributed by atoms with Gasteiger partial charge < -0.3 is 10.1 Å². The highest BCUT2D eigenvalue weighted by Gasteiger charge is 2.14. The van der Waals surface area contributed by atoms with Gasteiger partial charge in [-0.2, -0.15) is 0 Å². The smallest absolute Gasteiger partial charge is 0.223 e. The number of ether oxygens (including phenoxy) is 1. The van der Waals surface area contributed by atoms with Crippen molar-refractivity contribution in [3.8, 4) is 5.75 Å². The molecule has 1 N–H and O–H groups in total. The maximum absolute atomic E-state index is 12.0. The highest BCUT2D eigenvalue weighted by Crippen LogP contribution is 2.14. The van der Waals surface area contributed by atoms with Crippen LogP contribution in [-0.4, -0.2) is 13.0 Å². The second kappa shape index (κ2) is 8.57. The van der Waals surface area contributed by atoms with Crippen molar-refractivity contribution < 1.29 is 9.53 Å². The van der Waals surface area contributed by atoms with Crippen molar-refractivity contribution in [2.75, 3.05) is 7.11 Å². The molecule has 0 bridgehead atoms. The van der Waals surface area contributed by atoms with E-state index in [1.165, 1.54) is 0 Å². The summed E-state index contributed by atoms with van der Waals surface area (Å²) in [6.07, 6.45) is 4.16. The second-order valence-electron chi connectivity index (χ2n) is 4.81. The van der Waals surface area contributed by atoms with E-state index in [9.17, 15) is 4.79 Å². The molecule has 0 radical (unpaired) electrons. The normalized spacial score (nSPS) is 11.9. The predicted octanol–water partition coefficient (Wildman–Crippen LogP) is 3.53. The lowest BCUT2D eigenvalue weighted by atomic mass is 9.98. The van der Waals surface area contributed by atoms with Crippen molar-refractivity contribution in [3.05, 3.63) is 29.8 Å². The van der Waals surface area contributed by atoms with Gasteiger partial charge in [0.2, 0.25) is 5.91 Å². The molecule has 0 aromatic heterocycles. The standard InChI is InChI=1S/C16H25NO2/c1-4-6-7-14(5-2)16(18)17-12-13-8-10-15(19-3)11-9-13/h8-11,14H,4-7,12H2,1-3H3,(H,17,18)/t14-/m1/s1. The van der Waals surface area contributed by atoms with Crippen LogP contribution in [0.2, 0.25) is 0 Å². The minimum absolute atomic E-state index is 0.151. The quantitative estimate of drug-likeness (QED) is 0.779. The van der Waals surface area contributed by atoms with Crippen LogP contribution in [0.4, 0.5) is 0 Å². The minimum atomic E-state index is 0.151. The van der Waals surface area contributed by atoms with E-state index in [0.29, 0.717) is 6.54 Å². The zero-order chi connectivity index (χ0) is 14.1. The van der Waals surface area contributed by atoms with Gasteiger partial charge in [0.1, 0.15) is 5.75 Å². The molecule has 106 valence electrons. The summed E-state index contributed by atoms with van der Waals surface area (Å²) in [6, 6.07) is 7.78. The van der Waals surface area contributed by atoms with Gasteiger partial charge in [-0.25, -0.2) is 0 Å². The molecular weight excluding hydrogens is 238 g/mol. The lowest BCUT2D eigenvalue weighted by molar-refractivity contribution is -0.125. The number of unbranched alkanes of at least 4 members (excludes halogenated alkanes) is 1. The summed E-state index contributed by atoms with van der Waals surface area (Å²) < 4.78 is 5.11. The molecule has 0 unspecified atom stereocenters. The summed E-state index contributed by atoms with van der Waals surface area (Å²) >= 11 is 0. The van der Waals surface area contributed by atoms with Gasteiger partial charge >= 0.3 is 0 Å². The van der Waals surface area contributed by atoms with E-state index < -0.39 is 0 Å². The molecule has 0 aliphatic heterocycles. The third-order valence-electron chi connectivity index (χ3n) is 3.40. The zero-order valence-electron chi connectivity index (χ0n) is 12.2. The molecule has 1 amide bonds. The Morgan fingerprint density at radius 3 is 2.47 bits per heavy atom. The van der Waals surface area contributed by atoms with Crippen molar-refractivity contribution in [2.45, 2.75) is 46.1 Å². The summed E-state index contributed by atoms with van der Waals surface area (Å²) in [5.74, 6) is 1.16. The predicted molar refractivity (Wildman–Crippen MR) is 78.1 cm³/mol. The lowest BCUT2D eigenvalue weighted by Gasteiger charge is -2.14. The molecule has 1 aromatic rings. The van der Waals surface area contributed by atoms with E-state index in [-0.39, 0.29) is 11.8 Å². The lowest BCUT2D eigenvalue weighted by Crippen LogP contribution is -2.30. The molecule has 1 atom stereocenters. The van der Waals surface area contributed by atoms with Crippen LogP contribution in [0.3, 0.4) is 0 Å². The monoisotopic (exact) mass is 263 g/mol. The van der Waals surface area contributed by atoms with Crippen LogP contribution in [0, 0.1) is 5.92 Å². The first-order valence-corrected chi connectivity index (χ1v) is 7.11. The Hall–Kier alpha value is -1.51. The number of carbonyl (C=O) groups excluding carboxylic acids is 1. The number of rotatable bonds is 8. The molecule has 0 aliphatic carbocycles. The Kier molecular flexibility index (Phi) is 7.01. The van der Waals surface area contributed by atoms with Crippen molar-refractivity contribution >= 4 is 5.91 Å². The van der Waals surface area contributed by atoms with Crippen LogP contribution in [0.25, 0.3) is 0 Å². The van der Waals surface area contributed by atoms with Gasteiger partial charge in [-0.1, -0.05) is 38.8 Å². The highest BCUT2D eigenvalue weighted by atomic mass is 16.5. The average molecular weight is 263 g/mol. The van der Waals surface area contributed by atoms with E-state index in [0.717, 1.165) is 37.0 Å². The van der Waals surface area contributed by atoms with E-state index >= 15 is 0 Å². The molecule has 19 heavy (non-hydrogen) atoms. The van der Waals surface area contributed by atoms with E-state index in [1.54, 1.807) is 7.11 Å². The zero-order valence-corrected chi connectivity index (χ0v) is 12.2. The van der Waals surface area contributed by atoms with Gasteiger partial charge in [0.05, 0.1) is 7.11 Å². The molecule has 0 saturated heterocycles. The summed E-state index contributed by atoms with van der Waals surface area (Å²) in [4.78, 5) is 12.0. The number of hydrogen-bond donors (Lipinski definition) is 1. The van der Waals surface area contributed by atoms with Crippen molar-refractivity contribution in [1.29, 1.82) is 0 Å². The van der Waals surface area contributed by atoms with Crippen LogP contribution in [0.1, 0.15) is 45.1 Å². The fourth-order valence-electron chi connectivity index (χ4n) is 2.05. The Balaban J connectivity index is 2.43. The Labute approximate surface area is 116 Å². The molecule has 0 spiro atoms. The molecule has 0 saturated carbocycles. The molecule has 3 heteroatoms. The summed E-state index contributed by atoms with van der Waals surface area (Å²) in [5, 5.41) is 3.02. The number of hydrogen-bond acceptors (Lipinski definition) is 2. The highest BCUT2D eigenvalue weighted by molar-refractivity contribution is 5.78. The fraction of sp³-hybridized carbons (Fsp3) is 0.562. The summed E-state index contributed by atoms with van der Waals surface area (Å²) in [7, 11) is 1.65. The first-order valence-electron chi connectivity index (χ1n) is 7.11. The third-order valence-corrected chi connectivity index (χ3v) is 3.40. The topological polar surface area (TPSA) is 38.3 Å². The number of amides is 1. The van der Waals surface area contributed by atoms with E-state index in [2.05, 4.69) is 19.2 Å². The van der Waals surface area contributed by atoms with Gasteiger partial charge in [0.25, 0.3) is 0 Å². The summed E-state index contributed by atoms with van der Waals surface area (Å²) in [5.41, 5.74) is 1.10. The Morgan fingerprint density at radius 2 is 1.95 bits per heavy atom. The van der Waals surface area contributed by atoms with E-state index in [1.807, 2.05) is 24.3 Å². The van der Waals surface area contributed by atoms with Crippen molar-refractivity contribution in [1.82, 2.24) is 5.32 Å². The fourth-order valence-corrected chi connectivity index (χ4v) is 2.05. The van der Waals surface area contributed by atoms with E-state index in [4.69, 9.17) is 4.74 Å². The van der Waals surface area contributed by atoms with Crippen molar-refractivity contribution in [3.63, 3.8) is 0 Å². The van der Waals surface area contributed by atoms with Crippen LogP contribution in [0.15, 0.2) is 24.3 Å². The maximum Gasteiger partial charge on any atom is 0.223 e. The van der Waals surface area contributed by atoms with Crippen LogP contribution >= 0.6 is 0 Å². The maximum atomic E-state index is 12.0. The van der Waals surface area contributed by atoms with Gasteiger partial charge in [0, 0.05) is 12.5 Å². The average Bonchev–Trinajstić information content (AvgIpc) is 2.46. The SMILES string of the molecule is CCCC[C@@H](CC)C(=O)NCc1ccc(OC)cc1. The molecule has 1 aromatic carbocycles. The molecule has 0 aliphatic rings. The first-order chi connectivity index (χ1) is 9.21. The molecule has 0 fully saturated rings. The van der Waals surface area contributed by atoms with Crippen molar-refractivity contribution in [2.24, 2.45) is 5.92 Å². The molecule has 3 nitrogen and oxygen atoms in total. The Morgan fingerprint density at radius 1 is 1.26 bits per heavy atom. The van der Waals surface area contributed by atoms with Gasteiger partial charge in [-0.3, -0.25) is 4.79 Å². The van der Waals surface area contributed by atoms with Crippen LogP contribution in [0.5, 0.6) is 5.75 Å². The number of methoxy groups -OCH3 is 1. The summed E-state index contributed by atoms with van der Waals surface area (Å²) in [6.45, 7) is 4.82. The number of carbonyl (C=O) groups is 1. The van der Waals surface area contributed by atoms with Crippen LogP contribution in [-0.2, 0) is 11.3 Å². The first kappa shape index (κ1) is 15.5. The minimum Gasteiger partial charge on any atom is -0.497 e. The third kappa shape index (κ3) is 5.33. The second-order valence-corrected chi connectivity index (χ2v) is 4.81. The molecule has 0 heterocycles. The largest absolute Gasteiger partial charge is 0.497 e. The van der Waals surface area contributed by atoms with Gasteiger partial charge in [-0.05, 0) is 30.5 Å². The Bertz CT molecular complexity index is 373. The van der Waals surface area contributed by atoms with Gasteiger partial charge in [0.15, 0.2) is 0 Å².